The van der Waals surface area contributed by atoms with E-state index in [0.29, 0.717) is 33.5 Å². The molecule has 10 heteroatoms. The number of carbonyl (C=O) groups is 1. The fourth-order valence-corrected chi connectivity index (χ4v) is 4.60. The van der Waals surface area contributed by atoms with Crippen molar-refractivity contribution in [2.24, 2.45) is 0 Å². The lowest BCUT2D eigenvalue weighted by molar-refractivity contribution is 0.0919. The van der Waals surface area contributed by atoms with Crippen molar-refractivity contribution in [3.63, 3.8) is 0 Å². The molecule has 0 unspecified atom stereocenters. The number of nitriles is 1. The summed E-state index contributed by atoms with van der Waals surface area (Å²) in [5, 5.41) is 18.3. The fraction of sp³-hybridized carbons (Fsp3) is 0.148. The number of para-hydroxylation sites is 2. The number of carbonyl (C=O) groups excluding carboxylic acids is 1. The molecule has 0 saturated carbocycles. The molecular weight excluding hydrogens is 509 g/mol. The molecule has 37 heavy (non-hydrogen) atoms. The van der Waals surface area contributed by atoms with E-state index in [-0.39, 0.29) is 18.4 Å². The van der Waals surface area contributed by atoms with Crippen molar-refractivity contribution >= 4 is 51.5 Å². The number of anilines is 2. The van der Waals surface area contributed by atoms with Crippen LogP contribution in [0.5, 0.6) is 0 Å². The topological polar surface area (TPSA) is 101 Å². The largest absolute Gasteiger partial charge is 0.353 e. The van der Waals surface area contributed by atoms with Crippen LogP contribution in [0, 0.1) is 11.3 Å². The first kappa shape index (κ1) is 24.5. The number of hydrogen-bond acceptors (Lipinski definition) is 6. The van der Waals surface area contributed by atoms with Crippen molar-refractivity contribution in [2.45, 2.75) is 25.8 Å². The summed E-state index contributed by atoms with van der Waals surface area (Å²) in [5.41, 5.74) is 4.06. The number of halogens is 2. The Labute approximate surface area is 223 Å². The molecule has 0 amide bonds. The minimum absolute atomic E-state index is 0.0587. The molecule has 0 aliphatic carbocycles. The first-order valence-corrected chi connectivity index (χ1v) is 12.3. The summed E-state index contributed by atoms with van der Waals surface area (Å²) in [7, 11) is 0. The first-order chi connectivity index (χ1) is 18.0. The predicted octanol–water partition coefficient (Wildman–Crippen LogP) is 6.70. The lowest BCUT2D eigenvalue weighted by Crippen LogP contribution is -2.14. The van der Waals surface area contributed by atoms with Gasteiger partial charge in [0.15, 0.2) is 5.65 Å². The van der Waals surface area contributed by atoms with Gasteiger partial charge in [-0.1, -0.05) is 47.5 Å². The highest BCUT2D eigenvalue weighted by atomic mass is 35.5. The Morgan fingerprint density at radius 3 is 2.68 bits per heavy atom. The van der Waals surface area contributed by atoms with Gasteiger partial charge in [0.2, 0.25) is 5.91 Å². The Balaban J connectivity index is 1.43. The van der Waals surface area contributed by atoms with Gasteiger partial charge >= 0.3 is 0 Å². The van der Waals surface area contributed by atoms with Crippen LogP contribution in [0.2, 0.25) is 10.0 Å². The molecule has 5 aromatic rings. The van der Waals surface area contributed by atoms with E-state index in [1.54, 1.807) is 35.3 Å². The molecule has 1 N–H and O–H groups in total. The van der Waals surface area contributed by atoms with Gasteiger partial charge in [0.25, 0.3) is 0 Å². The van der Waals surface area contributed by atoms with Gasteiger partial charge < -0.3 is 5.32 Å². The first-order valence-electron chi connectivity index (χ1n) is 11.5. The van der Waals surface area contributed by atoms with Gasteiger partial charge in [-0.3, -0.25) is 14.0 Å². The second-order valence-corrected chi connectivity index (χ2v) is 9.33. The average molecular weight is 530 g/mol. The highest BCUT2D eigenvalue weighted by Gasteiger charge is 2.18. The zero-order valence-electron chi connectivity index (χ0n) is 19.8. The second-order valence-electron chi connectivity index (χ2n) is 8.51. The van der Waals surface area contributed by atoms with Crippen LogP contribution in [0.1, 0.15) is 29.7 Å². The lowest BCUT2D eigenvalue weighted by Gasteiger charge is -2.14. The van der Waals surface area contributed by atoms with E-state index in [4.69, 9.17) is 28.5 Å². The molecule has 0 radical (unpaired) electrons. The quantitative estimate of drug-likeness (QED) is 0.251. The number of rotatable bonds is 7. The van der Waals surface area contributed by atoms with Crippen LogP contribution in [-0.4, -0.2) is 30.2 Å². The summed E-state index contributed by atoms with van der Waals surface area (Å²) in [6, 6.07) is 16.7. The summed E-state index contributed by atoms with van der Waals surface area (Å²) in [5.74, 6) is -0.155. The number of fused-ring (bicyclic) bond motifs is 1. The molecule has 0 fully saturated rings. The zero-order chi connectivity index (χ0) is 25.9. The number of nitrogens with zero attached hydrogens (tertiary/aromatic N) is 6. The molecule has 184 valence electrons. The Morgan fingerprint density at radius 2 is 1.89 bits per heavy atom. The summed E-state index contributed by atoms with van der Waals surface area (Å²) in [6.45, 7) is 1.93. The predicted molar refractivity (Wildman–Crippen MR) is 144 cm³/mol. The molecule has 0 bridgehead atoms. The third-order valence-corrected chi connectivity index (χ3v) is 6.67. The van der Waals surface area contributed by atoms with E-state index in [2.05, 4.69) is 26.5 Å². The van der Waals surface area contributed by atoms with Crippen LogP contribution < -0.4 is 5.32 Å². The molecule has 1 atom stereocenters. The van der Waals surface area contributed by atoms with E-state index in [1.165, 1.54) is 10.9 Å². The molecule has 8 nitrogen and oxygen atoms in total. The van der Waals surface area contributed by atoms with Gasteiger partial charge in [-0.15, -0.1) is 0 Å². The smallest absolute Gasteiger partial charge is 0.236 e. The summed E-state index contributed by atoms with van der Waals surface area (Å²) < 4.78 is 3.27. The zero-order valence-corrected chi connectivity index (χ0v) is 21.3. The van der Waals surface area contributed by atoms with Crippen molar-refractivity contribution in [1.82, 2.24) is 24.3 Å². The van der Waals surface area contributed by atoms with Crippen LogP contribution in [-0.2, 0) is 6.42 Å². The minimum atomic E-state index is -0.155. The van der Waals surface area contributed by atoms with E-state index in [9.17, 15) is 4.79 Å². The average Bonchev–Trinajstić information content (AvgIpc) is 3.55. The van der Waals surface area contributed by atoms with Crippen molar-refractivity contribution in [1.29, 1.82) is 5.26 Å². The molecule has 0 saturated heterocycles. The molecular formula is C27H21Cl2N7O. The highest BCUT2D eigenvalue weighted by Crippen LogP contribution is 2.34. The van der Waals surface area contributed by atoms with E-state index >= 15 is 0 Å². The number of nitrogens with one attached hydrogen (secondary N) is 1. The van der Waals surface area contributed by atoms with E-state index in [0.717, 1.165) is 22.2 Å². The SMILES string of the molecule is C[C@@H](CC#N)n1cc(-c2ncnc3c2ccn3C(=O)Cc2ccccc2Nc2c(Cl)cccc2Cl)cn1. The van der Waals surface area contributed by atoms with Gasteiger partial charge in [-0.25, -0.2) is 9.97 Å². The van der Waals surface area contributed by atoms with Crippen molar-refractivity contribution in [3.05, 3.63) is 89.1 Å². The molecule has 0 spiro atoms. The molecule has 3 heterocycles. The maximum Gasteiger partial charge on any atom is 0.236 e. The minimum Gasteiger partial charge on any atom is -0.353 e. The number of benzene rings is 2. The third-order valence-electron chi connectivity index (χ3n) is 6.04. The Kier molecular flexibility index (Phi) is 6.91. The van der Waals surface area contributed by atoms with Crippen molar-refractivity contribution in [3.8, 4) is 17.3 Å². The van der Waals surface area contributed by atoms with Gasteiger partial charge in [-0.2, -0.15) is 10.4 Å². The van der Waals surface area contributed by atoms with Crippen LogP contribution in [0.4, 0.5) is 11.4 Å². The highest BCUT2D eigenvalue weighted by molar-refractivity contribution is 6.39. The van der Waals surface area contributed by atoms with E-state index in [1.807, 2.05) is 43.5 Å². The Bertz CT molecular complexity index is 1630. The lowest BCUT2D eigenvalue weighted by atomic mass is 10.1. The van der Waals surface area contributed by atoms with Gasteiger partial charge in [-0.05, 0) is 36.8 Å². The van der Waals surface area contributed by atoms with Crippen LogP contribution in [0.3, 0.4) is 0 Å². The summed E-state index contributed by atoms with van der Waals surface area (Å²) >= 11 is 12.7. The van der Waals surface area contributed by atoms with Crippen LogP contribution in [0.25, 0.3) is 22.3 Å². The summed E-state index contributed by atoms with van der Waals surface area (Å²) in [4.78, 5) is 22.2. The second kappa shape index (κ2) is 10.4. The molecule has 0 aliphatic heterocycles. The maximum absolute atomic E-state index is 13.4. The van der Waals surface area contributed by atoms with E-state index < -0.39 is 0 Å². The molecule has 2 aromatic carbocycles. The monoisotopic (exact) mass is 529 g/mol. The van der Waals surface area contributed by atoms with Gasteiger partial charge in [0.1, 0.15) is 6.33 Å². The Hall–Kier alpha value is -4.19. The number of hydrogen-bond donors (Lipinski definition) is 1. The van der Waals surface area contributed by atoms with Crippen molar-refractivity contribution in [2.75, 3.05) is 5.32 Å². The van der Waals surface area contributed by atoms with Crippen molar-refractivity contribution < 1.29 is 4.79 Å². The normalized spacial score (nSPS) is 11.8. The van der Waals surface area contributed by atoms with Crippen LogP contribution in [0.15, 0.2) is 73.4 Å². The fourth-order valence-electron chi connectivity index (χ4n) is 4.11. The van der Waals surface area contributed by atoms with Crippen LogP contribution >= 0.6 is 23.2 Å². The standard InChI is InChI=1S/C27H21Cl2N7O/c1-17(9-11-30)36-15-19(14-33-36)25-20-10-12-35(27(20)32-16-31-25)24(37)13-18-5-2-3-8-23(18)34-26-21(28)6-4-7-22(26)29/h2-8,10,12,14-17,34H,9,13H2,1H3/t17-/m0/s1. The molecule has 5 rings (SSSR count). The third kappa shape index (κ3) is 4.92. The van der Waals surface area contributed by atoms with Gasteiger partial charge in [0, 0.05) is 29.0 Å². The molecule has 3 aromatic heterocycles. The van der Waals surface area contributed by atoms with Gasteiger partial charge in [0.05, 0.1) is 52.6 Å². The number of aromatic nitrogens is 5. The molecule has 0 aliphatic rings. The maximum atomic E-state index is 13.4. The summed E-state index contributed by atoms with van der Waals surface area (Å²) in [6.07, 6.45) is 7.17. The Morgan fingerprint density at radius 1 is 1.11 bits per heavy atom.